The maximum atomic E-state index is 12.0. The summed E-state index contributed by atoms with van der Waals surface area (Å²) in [6.45, 7) is 1.24. The number of rotatable bonds is 8. The molecule has 1 saturated heterocycles. The monoisotopic (exact) mass is 368 g/mol. The minimum absolute atomic E-state index is 0.0655. The highest BCUT2D eigenvalue weighted by Crippen LogP contribution is 2.24. The molecule has 1 aliphatic rings. The minimum Gasteiger partial charge on any atom is -0.476 e. The zero-order chi connectivity index (χ0) is 16.9. The number of likely N-dealkylation sites (tertiary alicyclic amines) is 1. The fourth-order valence-electron chi connectivity index (χ4n) is 2.46. The summed E-state index contributed by atoms with van der Waals surface area (Å²) in [4.78, 5) is 28.8. The first kappa shape index (κ1) is 16.7. The third kappa shape index (κ3) is 4.03. The highest BCUT2D eigenvalue weighted by Gasteiger charge is 2.30. The standard InChI is InChI=1S/C13H16N6O3S2/c20-11-2-1-9(5-16-18-7-14-15-8-18)19(11)3-4-23-13-17-10(6-24-13)12(21)22/h6-9,16H,1-5H2,(H,21,22). The van der Waals surface area contributed by atoms with Gasteiger partial charge in [0.05, 0.1) is 12.6 Å². The van der Waals surface area contributed by atoms with Gasteiger partial charge >= 0.3 is 5.97 Å². The van der Waals surface area contributed by atoms with Crippen molar-refractivity contribution in [3.05, 3.63) is 23.7 Å². The number of thioether (sulfide) groups is 1. The lowest BCUT2D eigenvalue weighted by atomic mass is 10.2. The number of amides is 1. The van der Waals surface area contributed by atoms with Crippen LogP contribution in [-0.4, -0.2) is 66.6 Å². The molecule has 2 N–H and O–H groups in total. The van der Waals surface area contributed by atoms with E-state index in [0.29, 0.717) is 29.6 Å². The fourth-order valence-corrected chi connectivity index (χ4v) is 4.27. The number of thiazole rings is 1. The molecule has 0 aliphatic carbocycles. The van der Waals surface area contributed by atoms with Crippen molar-refractivity contribution < 1.29 is 14.7 Å². The predicted molar refractivity (Wildman–Crippen MR) is 88.8 cm³/mol. The molecule has 24 heavy (non-hydrogen) atoms. The van der Waals surface area contributed by atoms with Crippen LogP contribution in [0.1, 0.15) is 23.3 Å². The van der Waals surface area contributed by atoms with Gasteiger partial charge in [-0.15, -0.1) is 21.5 Å². The van der Waals surface area contributed by atoms with Gasteiger partial charge in [0.1, 0.15) is 12.7 Å². The van der Waals surface area contributed by atoms with Crippen LogP contribution in [0.25, 0.3) is 0 Å². The van der Waals surface area contributed by atoms with Gasteiger partial charge in [0.15, 0.2) is 10.0 Å². The van der Waals surface area contributed by atoms with Gasteiger partial charge < -0.3 is 15.4 Å². The second-order valence-electron chi connectivity index (χ2n) is 5.16. The normalized spacial score (nSPS) is 17.4. The average molecular weight is 368 g/mol. The fraction of sp³-hybridized carbons (Fsp3) is 0.462. The molecule has 1 amide bonds. The number of carbonyl (C=O) groups is 2. The van der Waals surface area contributed by atoms with E-state index >= 15 is 0 Å². The molecule has 2 aromatic rings. The molecule has 1 aliphatic heterocycles. The molecular weight excluding hydrogens is 352 g/mol. The van der Waals surface area contributed by atoms with Gasteiger partial charge in [-0.1, -0.05) is 11.8 Å². The number of carbonyl (C=O) groups excluding carboxylic acids is 1. The maximum absolute atomic E-state index is 12.0. The van der Waals surface area contributed by atoms with E-state index in [1.807, 2.05) is 4.90 Å². The van der Waals surface area contributed by atoms with Crippen molar-refractivity contribution in [2.24, 2.45) is 0 Å². The average Bonchev–Trinajstić information content (AvgIpc) is 3.28. The highest BCUT2D eigenvalue weighted by molar-refractivity contribution is 8.01. The van der Waals surface area contributed by atoms with Crippen LogP contribution in [0.15, 0.2) is 22.4 Å². The van der Waals surface area contributed by atoms with Crippen molar-refractivity contribution in [3.63, 3.8) is 0 Å². The lowest BCUT2D eigenvalue weighted by Gasteiger charge is -2.25. The first-order chi connectivity index (χ1) is 11.6. The Morgan fingerprint density at radius 1 is 1.46 bits per heavy atom. The molecular formula is C13H16N6O3S2. The maximum Gasteiger partial charge on any atom is 0.355 e. The molecule has 0 aromatic carbocycles. The van der Waals surface area contributed by atoms with Crippen LogP contribution in [0.3, 0.4) is 0 Å². The summed E-state index contributed by atoms with van der Waals surface area (Å²) < 4.78 is 2.37. The Morgan fingerprint density at radius 3 is 2.96 bits per heavy atom. The lowest BCUT2D eigenvalue weighted by molar-refractivity contribution is -0.128. The van der Waals surface area contributed by atoms with Gasteiger partial charge in [-0.2, -0.15) is 0 Å². The quantitative estimate of drug-likeness (QED) is 0.657. The zero-order valence-electron chi connectivity index (χ0n) is 12.7. The number of aromatic carboxylic acids is 1. The van der Waals surface area contributed by atoms with Gasteiger partial charge in [-0.05, 0) is 6.42 Å². The smallest absolute Gasteiger partial charge is 0.355 e. The molecule has 128 valence electrons. The number of nitrogens with zero attached hydrogens (tertiary/aromatic N) is 5. The molecule has 3 rings (SSSR count). The Kier molecular flexibility index (Phi) is 5.30. The molecule has 0 spiro atoms. The van der Waals surface area contributed by atoms with E-state index in [0.717, 1.165) is 6.42 Å². The molecule has 0 radical (unpaired) electrons. The summed E-state index contributed by atoms with van der Waals surface area (Å²) in [5.74, 6) is -0.189. The first-order valence-corrected chi connectivity index (χ1v) is 9.19. The van der Waals surface area contributed by atoms with E-state index in [-0.39, 0.29) is 17.6 Å². The van der Waals surface area contributed by atoms with Crippen molar-refractivity contribution >= 4 is 35.0 Å². The van der Waals surface area contributed by atoms with Crippen molar-refractivity contribution in [1.29, 1.82) is 0 Å². The third-order valence-electron chi connectivity index (χ3n) is 3.64. The Labute approximate surface area is 146 Å². The molecule has 3 heterocycles. The molecule has 1 unspecified atom stereocenters. The van der Waals surface area contributed by atoms with Crippen molar-refractivity contribution in [1.82, 2.24) is 24.8 Å². The summed E-state index contributed by atoms with van der Waals surface area (Å²) >= 11 is 2.78. The Morgan fingerprint density at radius 2 is 2.25 bits per heavy atom. The molecule has 9 nitrogen and oxygen atoms in total. The summed E-state index contributed by atoms with van der Waals surface area (Å²) in [5.41, 5.74) is 3.22. The second-order valence-corrected chi connectivity index (χ2v) is 7.36. The lowest BCUT2D eigenvalue weighted by Crippen LogP contribution is -2.40. The third-order valence-corrected chi connectivity index (χ3v) is 5.64. The van der Waals surface area contributed by atoms with Crippen molar-refractivity contribution in [3.8, 4) is 0 Å². The topological polar surface area (TPSA) is 113 Å². The largest absolute Gasteiger partial charge is 0.476 e. The van der Waals surface area contributed by atoms with E-state index in [9.17, 15) is 9.59 Å². The van der Waals surface area contributed by atoms with Gasteiger partial charge in [-0.3, -0.25) is 4.79 Å². The number of hydrogen-bond donors (Lipinski definition) is 2. The Bertz CT molecular complexity index is 704. The first-order valence-electron chi connectivity index (χ1n) is 7.33. The molecule has 0 bridgehead atoms. The van der Waals surface area contributed by atoms with E-state index < -0.39 is 5.97 Å². The van der Waals surface area contributed by atoms with Gasteiger partial charge in [0, 0.05) is 24.1 Å². The van der Waals surface area contributed by atoms with E-state index in [2.05, 4.69) is 20.6 Å². The summed E-state index contributed by atoms with van der Waals surface area (Å²) in [5, 5.41) is 17.8. The SMILES string of the molecule is O=C(O)c1csc(SCCN2C(=O)CCC2CNn2cnnc2)n1. The van der Waals surface area contributed by atoms with E-state index in [4.69, 9.17) is 5.11 Å². The number of hydrogen-bond acceptors (Lipinski definition) is 8. The summed E-state index contributed by atoms with van der Waals surface area (Å²) in [6, 6.07) is 0.131. The molecule has 11 heteroatoms. The van der Waals surface area contributed by atoms with Crippen LogP contribution in [0, 0.1) is 0 Å². The van der Waals surface area contributed by atoms with E-state index in [1.54, 1.807) is 17.3 Å². The number of carboxylic acid groups (broad SMARTS) is 1. The second kappa shape index (κ2) is 7.62. The van der Waals surface area contributed by atoms with Gasteiger partial charge in [-0.25, -0.2) is 14.5 Å². The summed E-state index contributed by atoms with van der Waals surface area (Å²) in [7, 11) is 0. The number of nitrogens with one attached hydrogen (secondary N) is 1. The van der Waals surface area contributed by atoms with Crippen LogP contribution in [0.2, 0.25) is 0 Å². The number of carboxylic acids is 1. The molecule has 1 atom stereocenters. The predicted octanol–water partition coefficient (Wildman–Crippen LogP) is 0.760. The minimum atomic E-state index is -1.02. The van der Waals surface area contributed by atoms with Crippen LogP contribution >= 0.6 is 23.1 Å². The molecule has 2 aromatic heterocycles. The highest BCUT2D eigenvalue weighted by atomic mass is 32.2. The number of aromatic nitrogens is 4. The van der Waals surface area contributed by atoms with Crippen molar-refractivity contribution in [2.45, 2.75) is 23.2 Å². The van der Waals surface area contributed by atoms with E-state index in [1.165, 1.54) is 28.5 Å². The Hall–Kier alpha value is -2.14. The zero-order valence-corrected chi connectivity index (χ0v) is 14.3. The Balaban J connectivity index is 1.48. The van der Waals surface area contributed by atoms with Gasteiger partial charge in [0.2, 0.25) is 5.91 Å². The van der Waals surface area contributed by atoms with Crippen molar-refractivity contribution in [2.75, 3.05) is 24.3 Å². The molecule has 0 saturated carbocycles. The van der Waals surface area contributed by atoms with Crippen LogP contribution < -0.4 is 5.43 Å². The van der Waals surface area contributed by atoms with Crippen LogP contribution in [-0.2, 0) is 4.79 Å². The van der Waals surface area contributed by atoms with Crippen LogP contribution in [0.4, 0.5) is 0 Å². The summed E-state index contributed by atoms with van der Waals surface area (Å²) in [6.07, 6.45) is 4.51. The van der Waals surface area contributed by atoms with Gasteiger partial charge in [0.25, 0.3) is 0 Å². The molecule has 1 fully saturated rings. The van der Waals surface area contributed by atoms with Crippen LogP contribution in [0.5, 0.6) is 0 Å².